The molecule has 0 saturated carbocycles. The molecule has 0 unspecified atom stereocenters. The monoisotopic (exact) mass is 281 g/mol. The van der Waals surface area contributed by atoms with Crippen LogP contribution in [0.2, 0.25) is 0 Å². The summed E-state index contributed by atoms with van der Waals surface area (Å²) in [6.07, 6.45) is 0. The van der Waals surface area contributed by atoms with Crippen LogP contribution in [-0.4, -0.2) is 29.5 Å². The van der Waals surface area contributed by atoms with Crippen LogP contribution in [0.25, 0.3) is 0 Å². The van der Waals surface area contributed by atoms with Gasteiger partial charge in [0.1, 0.15) is 0 Å². The first-order valence-electron chi connectivity index (χ1n) is 6.23. The molecule has 0 aliphatic rings. The van der Waals surface area contributed by atoms with Crippen molar-refractivity contribution in [2.75, 3.05) is 13.2 Å². The highest BCUT2D eigenvalue weighted by atomic mass is 16.6. The average molecular weight is 281 g/mol. The zero-order chi connectivity index (χ0) is 15.3. The van der Waals surface area contributed by atoms with E-state index in [1.54, 1.807) is 20.8 Å². The molecule has 0 aliphatic carbocycles. The van der Waals surface area contributed by atoms with Gasteiger partial charge in [0.15, 0.2) is 5.75 Å². The molecule has 7 heteroatoms. The van der Waals surface area contributed by atoms with E-state index >= 15 is 0 Å². The molecular weight excluding hydrogens is 262 g/mol. The van der Waals surface area contributed by atoms with Crippen molar-refractivity contribution in [3.63, 3.8) is 0 Å². The van der Waals surface area contributed by atoms with E-state index in [1.807, 2.05) is 0 Å². The van der Waals surface area contributed by atoms with Crippen LogP contribution in [0.1, 0.15) is 31.1 Å². The third-order valence-corrected chi connectivity index (χ3v) is 2.42. The lowest BCUT2D eigenvalue weighted by Crippen LogP contribution is -2.45. The van der Waals surface area contributed by atoms with Gasteiger partial charge in [0.25, 0.3) is 5.91 Å². The molecule has 7 nitrogen and oxygen atoms in total. The van der Waals surface area contributed by atoms with E-state index in [1.165, 1.54) is 18.2 Å². The van der Waals surface area contributed by atoms with Crippen LogP contribution in [0.15, 0.2) is 18.2 Å². The molecule has 0 aromatic heterocycles. The number of amides is 1. The highest BCUT2D eigenvalue weighted by Crippen LogP contribution is 2.27. The maximum Gasteiger partial charge on any atom is 0.311 e. The number of nitrogens with one attached hydrogen (secondary N) is 1. The Morgan fingerprint density at radius 2 is 2.15 bits per heavy atom. The largest absolute Gasteiger partial charge is 0.487 e. The van der Waals surface area contributed by atoms with Crippen molar-refractivity contribution in [3.05, 3.63) is 33.9 Å². The average Bonchev–Trinajstić information content (AvgIpc) is 2.35. The third kappa shape index (κ3) is 4.51. The normalized spacial score (nSPS) is 11.0. The minimum absolute atomic E-state index is 0.146. The summed E-state index contributed by atoms with van der Waals surface area (Å²) < 4.78 is 5.15. The topological polar surface area (TPSA) is 107 Å². The molecule has 20 heavy (non-hydrogen) atoms. The third-order valence-electron chi connectivity index (χ3n) is 2.42. The Morgan fingerprint density at radius 1 is 1.50 bits per heavy atom. The van der Waals surface area contributed by atoms with Gasteiger partial charge in [-0.05, 0) is 32.9 Å². The van der Waals surface area contributed by atoms with Crippen LogP contribution >= 0.6 is 0 Å². The molecule has 0 fully saturated rings. The van der Waals surface area contributed by atoms with Gasteiger partial charge < -0.3 is 15.8 Å². The van der Waals surface area contributed by atoms with E-state index in [9.17, 15) is 14.9 Å². The van der Waals surface area contributed by atoms with Gasteiger partial charge in [-0.2, -0.15) is 0 Å². The van der Waals surface area contributed by atoms with Crippen molar-refractivity contribution in [2.24, 2.45) is 5.73 Å². The molecule has 0 aliphatic heterocycles. The van der Waals surface area contributed by atoms with Gasteiger partial charge in [0, 0.05) is 23.7 Å². The van der Waals surface area contributed by atoms with Crippen LogP contribution in [0.3, 0.4) is 0 Å². The molecule has 0 heterocycles. The van der Waals surface area contributed by atoms with Crippen LogP contribution in [0, 0.1) is 10.1 Å². The molecule has 1 amide bonds. The fraction of sp³-hybridized carbons (Fsp3) is 0.462. The van der Waals surface area contributed by atoms with E-state index in [2.05, 4.69) is 5.32 Å². The Balaban J connectivity index is 2.94. The predicted molar refractivity (Wildman–Crippen MR) is 74.9 cm³/mol. The SMILES string of the molecule is CCOc1ccc(C(=O)NCC(C)(C)N)cc1[N+](=O)[O-]. The van der Waals surface area contributed by atoms with Gasteiger partial charge in [-0.25, -0.2) is 0 Å². The second-order valence-electron chi connectivity index (χ2n) is 5.04. The second kappa shape index (κ2) is 6.33. The second-order valence-corrected chi connectivity index (χ2v) is 5.04. The van der Waals surface area contributed by atoms with Crippen molar-refractivity contribution >= 4 is 11.6 Å². The Kier molecular flexibility index (Phi) is 5.04. The number of nitrogens with two attached hydrogens (primary N) is 1. The van der Waals surface area contributed by atoms with Gasteiger partial charge in [-0.1, -0.05) is 0 Å². The van der Waals surface area contributed by atoms with Crippen molar-refractivity contribution in [1.82, 2.24) is 5.32 Å². The summed E-state index contributed by atoms with van der Waals surface area (Å²) in [6, 6.07) is 4.10. The first-order valence-corrected chi connectivity index (χ1v) is 6.23. The van der Waals surface area contributed by atoms with Gasteiger partial charge in [0.05, 0.1) is 11.5 Å². The van der Waals surface area contributed by atoms with Crippen LogP contribution in [0.4, 0.5) is 5.69 Å². The first kappa shape index (κ1) is 15.9. The summed E-state index contributed by atoms with van der Waals surface area (Å²) in [5.41, 5.74) is 5.18. The van der Waals surface area contributed by atoms with E-state index in [0.29, 0.717) is 6.61 Å². The van der Waals surface area contributed by atoms with Gasteiger partial charge in [-0.15, -0.1) is 0 Å². The number of hydrogen-bond donors (Lipinski definition) is 2. The van der Waals surface area contributed by atoms with Crippen LogP contribution < -0.4 is 15.8 Å². The molecule has 3 N–H and O–H groups in total. The van der Waals surface area contributed by atoms with Crippen LogP contribution in [-0.2, 0) is 0 Å². The minimum atomic E-state index is -0.575. The molecule has 1 aromatic rings. The molecule has 1 aromatic carbocycles. The zero-order valence-corrected chi connectivity index (χ0v) is 11.8. The Morgan fingerprint density at radius 3 is 2.65 bits per heavy atom. The lowest BCUT2D eigenvalue weighted by atomic mass is 10.1. The number of carbonyl (C=O) groups is 1. The number of nitro benzene ring substituents is 1. The summed E-state index contributed by atoms with van der Waals surface area (Å²) in [6.45, 7) is 5.86. The lowest BCUT2D eigenvalue weighted by Gasteiger charge is -2.18. The maximum absolute atomic E-state index is 11.9. The standard InChI is InChI=1S/C13H19N3O4/c1-4-20-11-6-5-9(7-10(11)16(18)19)12(17)15-8-13(2,3)14/h5-7H,4,8,14H2,1-3H3,(H,15,17). The highest BCUT2D eigenvalue weighted by molar-refractivity contribution is 5.95. The quantitative estimate of drug-likeness (QED) is 0.606. The molecule has 0 atom stereocenters. The molecule has 0 radical (unpaired) electrons. The maximum atomic E-state index is 11.9. The Labute approximate surface area is 117 Å². The number of rotatable bonds is 6. The van der Waals surface area contributed by atoms with Gasteiger partial charge >= 0.3 is 5.69 Å². The van der Waals surface area contributed by atoms with Crippen LogP contribution in [0.5, 0.6) is 5.75 Å². The Hall–Kier alpha value is -2.15. The van der Waals surface area contributed by atoms with E-state index in [4.69, 9.17) is 10.5 Å². The fourth-order valence-electron chi connectivity index (χ4n) is 1.49. The highest BCUT2D eigenvalue weighted by Gasteiger charge is 2.19. The number of benzene rings is 1. The number of carbonyl (C=O) groups excluding carboxylic acids is 1. The summed E-state index contributed by atoms with van der Waals surface area (Å²) >= 11 is 0. The fourth-order valence-corrected chi connectivity index (χ4v) is 1.49. The van der Waals surface area contributed by atoms with Crippen molar-refractivity contribution in [2.45, 2.75) is 26.3 Å². The summed E-state index contributed by atoms with van der Waals surface area (Å²) in [4.78, 5) is 22.3. The van der Waals surface area contributed by atoms with E-state index in [-0.39, 0.29) is 23.5 Å². The molecule has 0 saturated heterocycles. The Bertz CT molecular complexity index is 509. The van der Waals surface area contributed by atoms with Crippen molar-refractivity contribution in [1.29, 1.82) is 0 Å². The van der Waals surface area contributed by atoms with Gasteiger partial charge in [0.2, 0.25) is 0 Å². The number of nitro groups is 1. The molecule has 0 spiro atoms. The number of hydrogen-bond acceptors (Lipinski definition) is 5. The predicted octanol–water partition coefficient (Wildman–Crippen LogP) is 1.46. The van der Waals surface area contributed by atoms with E-state index < -0.39 is 16.4 Å². The molecule has 0 bridgehead atoms. The van der Waals surface area contributed by atoms with Crippen molar-refractivity contribution in [3.8, 4) is 5.75 Å². The zero-order valence-electron chi connectivity index (χ0n) is 11.8. The molecule has 110 valence electrons. The van der Waals surface area contributed by atoms with Gasteiger partial charge in [-0.3, -0.25) is 14.9 Å². The summed E-state index contributed by atoms with van der Waals surface area (Å²) in [5.74, 6) is -0.261. The molecule has 1 rings (SSSR count). The summed E-state index contributed by atoms with van der Waals surface area (Å²) in [7, 11) is 0. The molecular formula is C13H19N3O4. The van der Waals surface area contributed by atoms with E-state index in [0.717, 1.165) is 0 Å². The minimum Gasteiger partial charge on any atom is -0.487 e. The smallest absolute Gasteiger partial charge is 0.311 e. The number of ether oxygens (including phenoxy) is 1. The van der Waals surface area contributed by atoms with Crippen molar-refractivity contribution < 1.29 is 14.5 Å². The lowest BCUT2D eigenvalue weighted by molar-refractivity contribution is -0.385. The summed E-state index contributed by atoms with van der Waals surface area (Å²) in [5, 5.41) is 13.6. The first-order chi connectivity index (χ1) is 9.24. The number of nitrogens with zero attached hydrogens (tertiary/aromatic N) is 1.